The van der Waals surface area contributed by atoms with Crippen LogP contribution in [0.5, 0.6) is 0 Å². The van der Waals surface area contributed by atoms with Gasteiger partial charge in [0.2, 0.25) is 0 Å². The molecule has 0 fully saturated rings. The molecule has 0 saturated carbocycles. The number of aromatic nitrogens is 4. The first kappa shape index (κ1) is 12.5. The van der Waals surface area contributed by atoms with Gasteiger partial charge in [-0.25, -0.2) is 4.68 Å². The molecule has 0 atom stereocenters. The van der Waals surface area contributed by atoms with Crippen LogP contribution in [0, 0.1) is 6.92 Å². The lowest BCUT2D eigenvalue weighted by atomic mass is 10.2. The lowest BCUT2D eigenvalue weighted by molar-refractivity contribution is 0.103. The topological polar surface area (TPSA) is 72.7 Å². The molecule has 3 rings (SSSR count). The van der Waals surface area contributed by atoms with Crippen molar-refractivity contribution in [3.63, 3.8) is 0 Å². The van der Waals surface area contributed by atoms with Crippen LogP contribution in [0.2, 0.25) is 0 Å². The van der Waals surface area contributed by atoms with E-state index in [1.54, 1.807) is 0 Å². The van der Waals surface area contributed by atoms with Crippen LogP contribution in [0.4, 0.5) is 5.69 Å². The summed E-state index contributed by atoms with van der Waals surface area (Å²) in [5.41, 5.74) is 1.49. The number of nitrogens with zero attached hydrogens (tertiary/aromatic N) is 4. The molecule has 0 bridgehead atoms. The zero-order chi connectivity index (χ0) is 13.9. The number of carbonyl (C=O) groups excluding carboxylic acids is 1. The highest BCUT2D eigenvalue weighted by atomic mass is 32.1. The van der Waals surface area contributed by atoms with Crippen LogP contribution in [0.1, 0.15) is 14.5 Å². The van der Waals surface area contributed by atoms with Crippen molar-refractivity contribution in [3.05, 3.63) is 52.5 Å². The van der Waals surface area contributed by atoms with Gasteiger partial charge in [0.1, 0.15) is 6.33 Å². The standard InChI is InChI=1S/C13H11N5OS/c1-9-5-6-12(20-9)13(19)15-10-3-2-4-11(7-10)18-8-14-16-17-18/h2-8H,1H3,(H,15,19). The third-order valence-electron chi connectivity index (χ3n) is 2.68. The number of tetrazole rings is 1. The number of hydrogen-bond donors (Lipinski definition) is 1. The van der Waals surface area contributed by atoms with E-state index in [0.29, 0.717) is 10.6 Å². The summed E-state index contributed by atoms with van der Waals surface area (Å²) in [5.74, 6) is -0.114. The molecule has 3 aromatic rings. The van der Waals surface area contributed by atoms with Crippen LogP contribution < -0.4 is 5.32 Å². The number of hydrogen-bond acceptors (Lipinski definition) is 5. The minimum absolute atomic E-state index is 0.114. The van der Waals surface area contributed by atoms with Gasteiger partial charge in [-0.2, -0.15) is 0 Å². The maximum atomic E-state index is 12.1. The molecule has 0 aliphatic rings. The van der Waals surface area contributed by atoms with E-state index >= 15 is 0 Å². The number of anilines is 1. The Morgan fingerprint density at radius 2 is 2.20 bits per heavy atom. The zero-order valence-electron chi connectivity index (χ0n) is 10.6. The molecule has 1 aromatic carbocycles. The second-order valence-corrected chi connectivity index (χ2v) is 5.46. The lowest BCUT2D eigenvalue weighted by Gasteiger charge is -2.05. The number of rotatable bonds is 3. The van der Waals surface area contributed by atoms with Gasteiger partial charge in [0, 0.05) is 10.6 Å². The average Bonchev–Trinajstić information content (AvgIpc) is 3.10. The molecule has 0 aliphatic heterocycles. The Labute approximate surface area is 119 Å². The van der Waals surface area contributed by atoms with Crippen LogP contribution in [0.25, 0.3) is 5.69 Å². The molecule has 0 radical (unpaired) electrons. The number of benzene rings is 1. The molecule has 0 unspecified atom stereocenters. The van der Waals surface area contributed by atoms with Gasteiger partial charge in [-0.05, 0) is 47.7 Å². The van der Waals surface area contributed by atoms with Gasteiger partial charge in [-0.15, -0.1) is 16.4 Å². The summed E-state index contributed by atoms with van der Waals surface area (Å²) in [6, 6.07) is 11.1. The number of amides is 1. The lowest BCUT2D eigenvalue weighted by Crippen LogP contribution is -2.10. The van der Waals surface area contributed by atoms with Crippen molar-refractivity contribution in [3.8, 4) is 5.69 Å². The fourth-order valence-electron chi connectivity index (χ4n) is 1.76. The second kappa shape index (κ2) is 5.22. The van der Waals surface area contributed by atoms with Crippen LogP contribution in [-0.4, -0.2) is 26.1 Å². The van der Waals surface area contributed by atoms with Crippen molar-refractivity contribution < 1.29 is 4.79 Å². The van der Waals surface area contributed by atoms with Gasteiger partial charge in [-0.3, -0.25) is 4.79 Å². The summed E-state index contributed by atoms with van der Waals surface area (Å²) >= 11 is 1.47. The number of aryl methyl sites for hydroxylation is 1. The Morgan fingerprint density at radius 3 is 2.90 bits per heavy atom. The van der Waals surface area contributed by atoms with Crippen molar-refractivity contribution in [1.82, 2.24) is 20.2 Å². The predicted octanol–water partition coefficient (Wildman–Crippen LogP) is 2.28. The molecule has 1 N–H and O–H groups in total. The molecular weight excluding hydrogens is 274 g/mol. The quantitative estimate of drug-likeness (QED) is 0.801. The van der Waals surface area contributed by atoms with Crippen LogP contribution in [0.15, 0.2) is 42.7 Å². The molecular formula is C13H11N5OS. The van der Waals surface area contributed by atoms with Gasteiger partial charge in [0.05, 0.1) is 10.6 Å². The molecule has 20 heavy (non-hydrogen) atoms. The zero-order valence-corrected chi connectivity index (χ0v) is 11.5. The highest BCUT2D eigenvalue weighted by Gasteiger charge is 2.09. The monoisotopic (exact) mass is 285 g/mol. The summed E-state index contributed by atoms with van der Waals surface area (Å²) < 4.78 is 1.53. The molecule has 0 saturated heterocycles. The van der Waals surface area contributed by atoms with E-state index in [0.717, 1.165) is 10.6 Å². The maximum Gasteiger partial charge on any atom is 0.265 e. The van der Waals surface area contributed by atoms with E-state index < -0.39 is 0 Å². The normalized spacial score (nSPS) is 10.4. The average molecular weight is 285 g/mol. The van der Waals surface area contributed by atoms with Crippen molar-refractivity contribution in [1.29, 1.82) is 0 Å². The summed E-state index contributed by atoms with van der Waals surface area (Å²) in [6.45, 7) is 1.97. The minimum atomic E-state index is -0.114. The van der Waals surface area contributed by atoms with Crippen LogP contribution in [-0.2, 0) is 0 Å². The van der Waals surface area contributed by atoms with Crippen LogP contribution in [0.3, 0.4) is 0 Å². The summed E-state index contributed by atoms with van der Waals surface area (Å²) in [6.07, 6.45) is 1.50. The van der Waals surface area contributed by atoms with Gasteiger partial charge >= 0.3 is 0 Å². The molecule has 2 heterocycles. The smallest absolute Gasteiger partial charge is 0.265 e. The molecule has 100 valence electrons. The van der Waals surface area contributed by atoms with Crippen LogP contribution >= 0.6 is 11.3 Å². The van der Waals surface area contributed by atoms with Gasteiger partial charge in [-0.1, -0.05) is 6.07 Å². The molecule has 0 spiro atoms. The molecule has 1 amide bonds. The number of nitrogens with one attached hydrogen (secondary N) is 1. The van der Waals surface area contributed by atoms with E-state index in [-0.39, 0.29) is 5.91 Å². The van der Waals surface area contributed by atoms with Crippen molar-refractivity contribution >= 4 is 22.9 Å². The van der Waals surface area contributed by atoms with E-state index in [9.17, 15) is 4.79 Å². The van der Waals surface area contributed by atoms with E-state index in [1.165, 1.54) is 22.3 Å². The third kappa shape index (κ3) is 2.57. The van der Waals surface area contributed by atoms with Gasteiger partial charge in [0.25, 0.3) is 5.91 Å². The molecule has 0 aliphatic carbocycles. The Bertz CT molecular complexity index is 735. The molecule has 6 nitrogen and oxygen atoms in total. The largest absolute Gasteiger partial charge is 0.321 e. The fourth-order valence-corrected chi connectivity index (χ4v) is 2.52. The van der Waals surface area contributed by atoms with Crippen molar-refractivity contribution in [2.45, 2.75) is 6.92 Å². The summed E-state index contributed by atoms with van der Waals surface area (Å²) in [5, 5.41) is 13.8. The summed E-state index contributed by atoms with van der Waals surface area (Å²) in [7, 11) is 0. The SMILES string of the molecule is Cc1ccc(C(=O)Nc2cccc(-n3cnnn3)c2)s1. The number of carbonyl (C=O) groups is 1. The minimum Gasteiger partial charge on any atom is -0.321 e. The van der Waals surface area contributed by atoms with Gasteiger partial charge in [0.15, 0.2) is 0 Å². The molecule has 7 heteroatoms. The fraction of sp³-hybridized carbons (Fsp3) is 0.0769. The molecule has 2 aromatic heterocycles. The Morgan fingerprint density at radius 1 is 1.30 bits per heavy atom. The van der Waals surface area contributed by atoms with E-state index in [1.807, 2.05) is 43.3 Å². The predicted molar refractivity (Wildman–Crippen MR) is 76.2 cm³/mol. The second-order valence-electron chi connectivity index (χ2n) is 4.17. The van der Waals surface area contributed by atoms with Gasteiger partial charge < -0.3 is 5.32 Å². The third-order valence-corrected chi connectivity index (χ3v) is 3.68. The van der Waals surface area contributed by atoms with E-state index in [2.05, 4.69) is 20.8 Å². The first-order chi connectivity index (χ1) is 9.72. The Hall–Kier alpha value is -2.54. The highest BCUT2D eigenvalue weighted by molar-refractivity contribution is 7.14. The number of thiophene rings is 1. The highest BCUT2D eigenvalue weighted by Crippen LogP contribution is 2.18. The first-order valence-electron chi connectivity index (χ1n) is 5.93. The Balaban J connectivity index is 1.81. The van der Waals surface area contributed by atoms with E-state index in [4.69, 9.17) is 0 Å². The van der Waals surface area contributed by atoms with Crippen molar-refractivity contribution in [2.24, 2.45) is 0 Å². The Kier molecular flexibility index (Phi) is 3.26. The summed E-state index contributed by atoms with van der Waals surface area (Å²) in [4.78, 5) is 13.9. The van der Waals surface area contributed by atoms with Crippen molar-refractivity contribution in [2.75, 3.05) is 5.32 Å². The maximum absolute atomic E-state index is 12.1. The first-order valence-corrected chi connectivity index (χ1v) is 6.75.